The Morgan fingerprint density at radius 1 is 0.913 bits per heavy atom. The van der Waals surface area contributed by atoms with Crippen molar-refractivity contribution >= 4 is 5.82 Å². The summed E-state index contributed by atoms with van der Waals surface area (Å²) in [6.45, 7) is 0.540. The van der Waals surface area contributed by atoms with Crippen LogP contribution in [0, 0.1) is 0 Å². The van der Waals surface area contributed by atoms with Crippen molar-refractivity contribution in [1.29, 1.82) is 0 Å². The average Bonchev–Trinajstić information content (AvgIpc) is 2.62. The Hall–Kier alpha value is -3.08. The van der Waals surface area contributed by atoms with E-state index in [1.807, 2.05) is 54.6 Å². The molecule has 0 atom stereocenters. The molecule has 0 amide bonds. The summed E-state index contributed by atoms with van der Waals surface area (Å²) >= 11 is 0. The highest BCUT2D eigenvalue weighted by atomic mass is 16.5. The summed E-state index contributed by atoms with van der Waals surface area (Å²) in [6, 6.07) is 19.2. The van der Waals surface area contributed by atoms with Crippen LogP contribution < -0.4 is 14.8 Å². The molecule has 0 fully saturated rings. The third-order valence-electron chi connectivity index (χ3n) is 3.19. The number of hydrogen-bond donors (Lipinski definition) is 1. The highest BCUT2D eigenvalue weighted by Crippen LogP contribution is 2.23. The van der Waals surface area contributed by atoms with Gasteiger partial charge in [-0.1, -0.05) is 30.3 Å². The van der Waals surface area contributed by atoms with Gasteiger partial charge in [0, 0.05) is 13.1 Å². The summed E-state index contributed by atoms with van der Waals surface area (Å²) in [4.78, 5) is 8.12. The second kappa shape index (κ2) is 7.26. The molecule has 5 heteroatoms. The van der Waals surface area contributed by atoms with E-state index in [9.17, 15) is 0 Å². The zero-order valence-electron chi connectivity index (χ0n) is 12.8. The Balaban J connectivity index is 1.60. The molecule has 3 aromatic rings. The van der Waals surface area contributed by atoms with Gasteiger partial charge in [0.25, 0.3) is 0 Å². The Bertz CT molecular complexity index is 746. The predicted molar refractivity (Wildman–Crippen MR) is 88.9 cm³/mol. The molecule has 0 saturated carbocycles. The Labute approximate surface area is 134 Å². The molecule has 2 aromatic carbocycles. The number of anilines is 1. The smallest absolute Gasteiger partial charge is 0.224 e. The van der Waals surface area contributed by atoms with Gasteiger partial charge < -0.3 is 14.8 Å². The normalized spacial score (nSPS) is 10.1. The molecular formula is C18H17N3O2. The molecular weight excluding hydrogens is 290 g/mol. The lowest BCUT2D eigenvalue weighted by molar-refractivity contribution is 0.305. The zero-order valence-corrected chi connectivity index (χ0v) is 12.8. The molecule has 1 heterocycles. The minimum absolute atomic E-state index is 0.488. The Morgan fingerprint density at radius 3 is 2.39 bits per heavy atom. The van der Waals surface area contributed by atoms with E-state index in [0.717, 1.165) is 11.3 Å². The Morgan fingerprint density at radius 2 is 1.65 bits per heavy atom. The molecule has 0 aliphatic heterocycles. The standard InChI is InChI=1S/C18H17N3O2/c1-19-17-11-18(21-13-20-17)23-16-9-7-15(8-10-16)22-12-14-5-3-2-4-6-14/h2-11,13H,12H2,1H3,(H,19,20,21). The first-order chi connectivity index (χ1) is 11.3. The first-order valence-electron chi connectivity index (χ1n) is 7.28. The lowest BCUT2D eigenvalue weighted by Crippen LogP contribution is -1.96. The SMILES string of the molecule is CNc1cc(Oc2ccc(OCc3ccccc3)cc2)ncn1. The van der Waals surface area contributed by atoms with Crippen molar-refractivity contribution in [3.05, 3.63) is 72.6 Å². The predicted octanol–water partition coefficient (Wildman–Crippen LogP) is 3.89. The van der Waals surface area contributed by atoms with Gasteiger partial charge in [-0.05, 0) is 29.8 Å². The second-order valence-corrected chi connectivity index (χ2v) is 4.84. The van der Waals surface area contributed by atoms with Gasteiger partial charge in [-0.3, -0.25) is 0 Å². The summed E-state index contributed by atoms with van der Waals surface area (Å²) < 4.78 is 11.4. The fraction of sp³-hybridized carbons (Fsp3) is 0.111. The lowest BCUT2D eigenvalue weighted by atomic mass is 10.2. The molecule has 0 aliphatic rings. The summed E-state index contributed by atoms with van der Waals surface area (Å²) in [7, 11) is 1.80. The summed E-state index contributed by atoms with van der Waals surface area (Å²) in [5, 5.41) is 2.94. The molecule has 3 rings (SSSR count). The molecule has 0 spiro atoms. The molecule has 23 heavy (non-hydrogen) atoms. The molecule has 0 aliphatic carbocycles. The number of nitrogens with one attached hydrogen (secondary N) is 1. The highest BCUT2D eigenvalue weighted by Gasteiger charge is 2.02. The van der Waals surface area contributed by atoms with E-state index in [2.05, 4.69) is 15.3 Å². The van der Waals surface area contributed by atoms with Crippen LogP contribution in [0.5, 0.6) is 17.4 Å². The van der Waals surface area contributed by atoms with Gasteiger partial charge in [0.2, 0.25) is 5.88 Å². The zero-order chi connectivity index (χ0) is 15.9. The highest BCUT2D eigenvalue weighted by molar-refractivity contribution is 5.39. The van der Waals surface area contributed by atoms with Gasteiger partial charge in [0.1, 0.15) is 30.3 Å². The maximum absolute atomic E-state index is 5.74. The number of benzene rings is 2. The van der Waals surface area contributed by atoms with E-state index < -0.39 is 0 Å². The summed E-state index contributed by atoms with van der Waals surface area (Å²) in [5.74, 6) is 2.68. The third-order valence-corrected chi connectivity index (χ3v) is 3.19. The summed E-state index contributed by atoms with van der Waals surface area (Å²) in [6.07, 6.45) is 1.46. The van der Waals surface area contributed by atoms with Crippen molar-refractivity contribution < 1.29 is 9.47 Å². The van der Waals surface area contributed by atoms with E-state index in [1.54, 1.807) is 13.1 Å². The molecule has 0 unspecified atom stereocenters. The first kappa shape index (κ1) is 14.8. The largest absolute Gasteiger partial charge is 0.489 e. The van der Waals surface area contributed by atoms with Gasteiger partial charge in [-0.2, -0.15) is 0 Å². The van der Waals surface area contributed by atoms with Gasteiger partial charge in [0.05, 0.1) is 0 Å². The minimum Gasteiger partial charge on any atom is -0.489 e. The van der Waals surface area contributed by atoms with Crippen LogP contribution in [0.15, 0.2) is 67.0 Å². The van der Waals surface area contributed by atoms with Crippen molar-refractivity contribution in [3.8, 4) is 17.4 Å². The van der Waals surface area contributed by atoms with Crippen LogP contribution in [-0.2, 0) is 6.61 Å². The second-order valence-electron chi connectivity index (χ2n) is 4.84. The maximum atomic E-state index is 5.74. The van der Waals surface area contributed by atoms with Crippen molar-refractivity contribution in [2.45, 2.75) is 6.61 Å². The van der Waals surface area contributed by atoms with Crippen LogP contribution in [0.2, 0.25) is 0 Å². The van der Waals surface area contributed by atoms with Gasteiger partial charge in [0.15, 0.2) is 0 Å². The molecule has 1 aromatic heterocycles. The molecule has 0 bridgehead atoms. The van der Waals surface area contributed by atoms with Crippen LogP contribution >= 0.6 is 0 Å². The fourth-order valence-electron chi connectivity index (χ4n) is 2.00. The van der Waals surface area contributed by atoms with E-state index >= 15 is 0 Å². The summed E-state index contributed by atoms with van der Waals surface area (Å²) in [5.41, 5.74) is 1.13. The van der Waals surface area contributed by atoms with Gasteiger partial charge in [-0.25, -0.2) is 9.97 Å². The number of nitrogens with zero attached hydrogens (tertiary/aromatic N) is 2. The van der Waals surface area contributed by atoms with E-state index in [0.29, 0.717) is 24.1 Å². The van der Waals surface area contributed by atoms with Crippen molar-refractivity contribution in [1.82, 2.24) is 9.97 Å². The Kier molecular flexibility index (Phi) is 4.69. The molecule has 0 saturated heterocycles. The number of rotatable bonds is 6. The molecule has 1 N–H and O–H groups in total. The minimum atomic E-state index is 0.488. The van der Waals surface area contributed by atoms with Crippen LogP contribution in [0.3, 0.4) is 0 Å². The molecule has 0 radical (unpaired) electrons. The van der Waals surface area contributed by atoms with Crippen LogP contribution in [0.1, 0.15) is 5.56 Å². The lowest BCUT2D eigenvalue weighted by Gasteiger charge is -2.08. The third kappa shape index (κ3) is 4.20. The monoisotopic (exact) mass is 307 g/mol. The number of ether oxygens (including phenoxy) is 2. The van der Waals surface area contributed by atoms with E-state index in [4.69, 9.17) is 9.47 Å². The topological polar surface area (TPSA) is 56.3 Å². The quantitative estimate of drug-likeness (QED) is 0.748. The first-order valence-corrected chi connectivity index (χ1v) is 7.28. The van der Waals surface area contributed by atoms with Crippen molar-refractivity contribution in [3.63, 3.8) is 0 Å². The van der Waals surface area contributed by atoms with Crippen LogP contribution in [0.4, 0.5) is 5.82 Å². The number of hydrogen-bond acceptors (Lipinski definition) is 5. The van der Waals surface area contributed by atoms with E-state index in [-0.39, 0.29) is 0 Å². The maximum Gasteiger partial charge on any atom is 0.224 e. The fourth-order valence-corrected chi connectivity index (χ4v) is 2.00. The number of aromatic nitrogens is 2. The molecule has 116 valence electrons. The van der Waals surface area contributed by atoms with Crippen LogP contribution in [0.25, 0.3) is 0 Å². The van der Waals surface area contributed by atoms with Gasteiger partial charge in [-0.15, -0.1) is 0 Å². The van der Waals surface area contributed by atoms with E-state index in [1.165, 1.54) is 6.33 Å². The van der Waals surface area contributed by atoms with Crippen LogP contribution in [-0.4, -0.2) is 17.0 Å². The van der Waals surface area contributed by atoms with Crippen molar-refractivity contribution in [2.24, 2.45) is 0 Å². The average molecular weight is 307 g/mol. The van der Waals surface area contributed by atoms with Gasteiger partial charge >= 0.3 is 0 Å². The van der Waals surface area contributed by atoms with Crippen molar-refractivity contribution in [2.75, 3.05) is 12.4 Å². The molecule has 5 nitrogen and oxygen atoms in total.